The number of aliphatic hydroxyl groups excluding tert-OH is 4. The van der Waals surface area contributed by atoms with Crippen LogP contribution in [0.1, 0.15) is 0 Å². The van der Waals surface area contributed by atoms with Gasteiger partial charge in [-0.2, -0.15) is 0 Å². The highest BCUT2D eigenvalue weighted by Crippen LogP contribution is 2.43. The Morgan fingerprint density at radius 2 is 1.56 bits per heavy atom. The van der Waals surface area contributed by atoms with Gasteiger partial charge in [0.15, 0.2) is 17.3 Å². The van der Waals surface area contributed by atoms with Gasteiger partial charge in [-0.25, -0.2) is 0 Å². The lowest BCUT2D eigenvalue weighted by molar-refractivity contribution is -0.277. The molecule has 3 aromatic rings. The Bertz CT molecular complexity index is 1310. The number of phenols is 3. The summed E-state index contributed by atoms with van der Waals surface area (Å²) in [6, 6.07) is 4.55. The number of phenolic OH excluding ortho intramolecular Hbond substituents is 3. The van der Waals surface area contributed by atoms with Gasteiger partial charge in [-0.15, -0.1) is 0 Å². The molecule has 0 amide bonds. The quantitative estimate of drug-likeness (QED) is 0.230. The van der Waals surface area contributed by atoms with E-state index in [4.69, 9.17) is 23.4 Å². The summed E-state index contributed by atoms with van der Waals surface area (Å²) in [6.45, 7) is -0.740. The van der Waals surface area contributed by atoms with Crippen molar-refractivity contribution in [1.29, 1.82) is 0 Å². The molecule has 1 aliphatic rings. The van der Waals surface area contributed by atoms with Gasteiger partial charge < -0.3 is 59.1 Å². The first-order valence-electron chi connectivity index (χ1n) is 10.6. The van der Waals surface area contributed by atoms with E-state index in [-0.39, 0.29) is 39.5 Å². The van der Waals surface area contributed by atoms with E-state index < -0.39 is 60.0 Å². The van der Waals surface area contributed by atoms with E-state index >= 15 is 0 Å². The van der Waals surface area contributed by atoms with Crippen molar-refractivity contribution in [1.82, 2.24) is 0 Å². The molecule has 13 nitrogen and oxygen atoms in total. The number of aromatic hydroxyl groups is 3. The van der Waals surface area contributed by atoms with Gasteiger partial charge in [0.25, 0.3) is 0 Å². The first kappa shape index (κ1) is 25.3. The maximum atomic E-state index is 13.5. The minimum atomic E-state index is -1.86. The summed E-state index contributed by atoms with van der Waals surface area (Å²) in [6.07, 6.45) is -8.42. The second-order valence-electron chi connectivity index (χ2n) is 7.97. The van der Waals surface area contributed by atoms with E-state index in [1.165, 1.54) is 26.4 Å². The average molecular weight is 508 g/mol. The van der Waals surface area contributed by atoms with Gasteiger partial charge in [0.05, 0.1) is 20.8 Å². The van der Waals surface area contributed by atoms with Gasteiger partial charge in [0, 0.05) is 17.7 Å². The zero-order chi connectivity index (χ0) is 26.3. The van der Waals surface area contributed by atoms with E-state index in [0.29, 0.717) is 0 Å². The fraction of sp³-hybridized carbons (Fsp3) is 0.348. The van der Waals surface area contributed by atoms with Crippen molar-refractivity contribution in [2.45, 2.75) is 30.7 Å². The fourth-order valence-corrected chi connectivity index (χ4v) is 3.87. The minimum absolute atomic E-state index is 0.0651. The Balaban J connectivity index is 1.96. The number of methoxy groups -OCH3 is 2. The Labute approximate surface area is 202 Å². The third-order valence-corrected chi connectivity index (χ3v) is 5.74. The molecular formula is C23H24O13. The van der Waals surface area contributed by atoms with Crippen LogP contribution in [0.15, 0.2) is 33.5 Å². The molecule has 0 spiro atoms. The highest BCUT2D eigenvalue weighted by atomic mass is 16.7. The summed E-state index contributed by atoms with van der Waals surface area (Å²) in [5.74, 6) is -2.44. The van der Waals surface area contributed by atoms with Crippen molar-refractivity contribution < 1.29 is 59.1 Å². The average Bonchev–Trinajstić information content (AvgIpc) is 2.85. The second kappa shape index (κ2) is 9.72. The Morgan fingerprint density at radius 1 is 0.917 bits per heavy atom. The molecule has 2 aromatic carbocycles. The van der Waals surface area contributed by atoms with Crippen LogP contribution in [0.4, 0.5) is 0 Å². The van der Waals surface area contributed by atoms with Crippen LogP contribution >= 0.6 is 0 Å². The van der Waals surface area contributed by atoms with Crippen LogP contribution < -0.4 is 19.6 Å². The molecule has 7 N–H and O–H groups in total. The smallest absolute Gasteiger partial charge is 0.239 e. The van der Waals surface area contributed by atoms with Crippen molar-refractivity contribution in [3.8, 4) is 45.8 Å². The second-order valence-corrected chi connectivity index (χ2v) is 7.97. The Morgan fingerprint density at radius 3 is 2.14 bits per heavy atom. The number of benzene rings is 2. The van der Waals surface area contributed by atoms with Gasteiger partial charge in [-0.05, 0) is 12.1 Å². The normalized spacial score (nSPS) is 24.0. The largest absolute Gasteiger partial charge is 0.508 e. The molecule has 194 valence electrons. The third kappa shape index (κ3) is 4.23. The molecule has 0 bridgehead atoms. The molecule has 1 aromatic heterocycles. The predicted octanol–water partition coefficient (Wildman–Crippen LogP) is -0.227. The van der Waals surface area contributed by atoms with Crippen molar-refractivity contribution in [2.24, 2.45) is 0 Å². The lowest BCUT2D eigenvalue weighted by Gasteiger charge is -2.39. The molecule has 0 aliphatic carbocycles. The monoisotopic (exact) mass is 508 g/mol. The number of fused-ring (bicyclic) bond motifs is 1. The molecule has 2 unspecified atom stereocenters. The van der Waals surface area contributed by atoms with E-state index in [0.717, 1.165) is 12.1 Å². The molecule has 0 saturated carbocycles. The SMILES string of the molecule is COc1cc(-c2oc3cc(O)cc(O)c3c(=O)c2O[C@@H]2OC(CO)[C@H](O)[C@@H](O)C2O)cc(OC)c1O. The summed E-state index contributed by atoms with van der Waals surface area (Å²) in [5.41, 5.74) is -1.12. The summed E-state index contributed by atoms with van der Waals surface area (Å²) in [4.78, 5) is 13.5. The lowest BCUT2D eigenvalue weighted by atomic mass is 9.99. The van der Waals surface area contributed by atoms with Crippen LogP contribution in [-0.4, -0.2) is 87.3 Å². The van der Waals surface area contributed by atoms with E-state index in [1.807, 2.05) is 0 Å². The van der Waals surface area contributed by atoms with Crippen LogP contribution in [0.5, 0.6) is 34.5 Å². The van der Waals surface area contributed by atoms with Crippen molar-refractivity contribution in [2.75, 3.05) is 20.8 Å². The molecule has 13 heteroatoms. The molecular weight excluding hydrogens is 484 g/mol. The number of aliphatic hydroxyl groups is 4. The number of hydrogen-bond donors (Lipinski definition) is 7. The molecule has 2 heterocycles. The van der Waals surface area contributed by atoms with Crippen LogP contribution in [0, 0.1) is 0 Å². The molecule has 1 saturated heterocycles. The summed E-state index contributed by atoms with van der Waals surface area (Å²) < 4.78 is 27.1. The maximum absolute atomic E-state index is 13.5. The number of ether oxygens (including phenoxy) is 4. The molecule has 1 fully saturated rings. The highest BCUT2D eigenvalue weighted by Gasteiger charge is 2.45. The van der Waals surface area contributed by atoms with E-state index in [2.05, 4.69) is 0 Å². The third-order valence-electron chi connectivity index (χ3n) is 5.74. The fourth-order valence-electron chi connectivity index (χ4n) is 3.87. The Hall–Kier alpha value is -3.75. The van der Waals surface area contributed by atoms with Crippen molar-refractivity contribution in [3.63, 3.8) is 0 Å². The van der Waals surface area contributed by atoms with Gasteiger partial charge in [-0.1, -0.05) is 0 Å². The van der Waals surface area contributed by atoms with Gasteiger partial charge in [-0.3, -0.25) is 4.79 Å². The van der Waals surface area contributed by atoms with Crippen LogP contribution in [0.25, 0.3) is 22.3 Å². The first-order valence-corrected chi connectivity index (χ1v) is 10.6. The van der Waals surface area contributed by atoms with Crippen LogP contribution in [-0.2, 0) is 4.74 Å². The molecule has 4 rings (SSSR count). The zero-order valence-corrected chi connectivity index (χ0v) is 19.0. The molecule has 0 radical (unpaired) electrons. The van der Waals surface area contributed by atoms with Gasteiger partial charge in [0.1, 0.15) is 46.9 Å². The highest BCUT2D eigenvalue weighted by molar-refractivity contribution is 5.88. The van der Waals surface area contributed by atoms with Crippen molar-refractivity contribution in [3.05, 3.63) is 34.5 Å². The van der Waals surface area contributed by atoms with E-state index in [9.17, 15) is 40.5 Å². The topological polar surface area (TPSA) is 209 Å². The van der Waals surface area contributed by atoms with Crippen LogP contribution in [0.3, 0.4) is 0 Å². The summed E-state index contributed by atoms with van der Waals surface area (Å²) in [7, 11) is 2.55. The lowest BCUT2D eigenvalue weighted by Crippen LogP contribution is -2.60. The number of hydrogen-bond acceptors (Lipinski definition) is 13. The molecule has 1 aliphatic heterocycles. The Kier molecular flexibility index (Phi) is 6.84. The zero-order valence-electron chi connectivity index (χ0n) is 19.0. The first-order chi connectivity index (χ1) is 17.1. The number of rotatable bonds is 6. The predicted molar refractivity (Wildman–Crippen MR) is 120 cm³/mol. The van der Waals surface area contributed by atoms with Crippen molar-refractivity contribution >= 4 is 11.0 Å². The summed E-state index contributed by atoms with van der Waals surface area (Å²) in [5, 5.41) is 70.1. The van der Waals surface area contributed by atoms with E-state index in [1.54, 1.807) is 0 Å². The van der Waals surface area contributed by atoms with Gasteiger partial charge >= 0.3 is 0 Å². The van der Waals surface area contributed by atoms with Gasteiger partial charge in [0.2, 0.25) is 23.2 Å². The van der Waals surface area contributed by atoms with Crippen LogP contribution in [0.2, 0.25) is 0 Å². The maximum Gasteiger partial charge on any atom is 0.239 e. The standard InChI is InChI=1S/C23H24O13/c1-32-12-3-8(4-13(33-2)16(12)27)21-22(18(29)15-10(26)5-9(25)6-11(15)34-21)36-23-20(31)19(30)17(28)14(7-24)35-23/h3-6,14,17,19-20,23-28,30-31H,7H2,1-2H3/t14?,17-,19+,20?,23-/m0/s1. The summed E-state index contributed by atoms with van der Waals surface area (Å²) >= 11 is 0. The molecule has 36 heavy (non-hydrogen) atoms. The minimum Gasteiger partial charge on any atom is -0.508 e. The molecule has 5 atom stereocenters.